The van der Waals surface area contributed by atoms with Gasteiger partial charge in [0.15, 0.2) is 0 Å². The van der Waals surface area contributed by atoms with Crippen LogP contribution in [0.2, 0.25) is 0 Å². The molecule has 3 heteroatoms. The summed E-state index contributed by atoms with van der Waals surface area (Å²) >= 11 is 0. The fraction of sp³-hybridized carbons (Fsp3) is 0.889. The highest BCUT2D eigenvalue weighted by Crippen LogP contribution is 2.56. The number of carbonyl (C=O) groups is 2. The molecule has 4 aliphatic carbocycles. The molecule has 21 heavy (non-hydrogen) atoms. The van der Waals surface area contributed by atoms with E-state index < -0.39 is 5.41 Å². The van der Waals surface area contributed by atoms with E-state index in [1.807, 2.05) is 20.8 Å². The van der Waals surface area contributed by atoms with Crippen molar-refractivity contribution >= 4 is 11.8 Å². The van der Waals surface area contributed by atoms with Crippen molar-refractivity contribution in [1.82, 2.24) is 0 Å². The number of esters is 1. The number of ether oxygens (including phenoxy) is 1. The lowest BCUT2D eigenvalue weighted by molar-refractivity contribution is -0.197. The molecule has 4 aliphatic rings. The molecule has 4 bridgehead atoms. The SMILES string of the molecule is C.C.CCC(C)(C)C(=O)OC12CC3CC(C1)C(=O)C(C3)C2. The van der Waals surface area contributed by atoms with E-state index in [-0.39, 0.29) is 38.3 Å². The highest BCUT2D eigenvalue weighted by Gasteiger charge is 2.57. The summed E-state index contributed by atoms with van der Waals surface area (Å²) < 4.78 is 5.96. The Balaban J connectivity index is 0.00000110. The summed E-state index contributed by atoms with van der Waals surface area (Å²) in [7, 11) is 0. The summed E-state index contributed by atoms with van der Waals surface area (Å²) in [5.41, 5.74) is -0.721. The topological polar surface area (TPSA) is 43.4 Å². The molecule has 0 N–H and O–H groups in total. The van der Waals surface area contributed by atoms with Gasteiger partial charge in [-0.1, -0.05) is 21.8 Å². The van der Waals surface area contributed by atoms with E-state index in [2.05, 4.69) is 0 Å². The van der Waals surface area contributed by atoms with Crippen LogP contribution in [0.15, 0.2) is 0 Å². The van der Waals surface area contributed by atoms with Crippen molar-refractivity contribution in [3.63, 3.8) is 0 Å². The number of rotatable bonds is 3. The molecule has 0 amide bonds. The minimum Gasteiger partial charge on any atom is -0.459 e. The van der Waals surface area contributed by atoms with Crippen LogP contribution < -0.4 is 0 Å². The van der Waals surface area contributed by atoms with Gasteiger partial charge in [0.25, 0.3) is 0 Å². The van der Waals surface area contributed by atoms with Crippen molar-refractivity contribution in [2.75, 3.05) is 0 Å². The minimum atomic E-state index is -0.409. The smallest absolute Gasteiger partial charge is 0.312 e. The molecule has 0 radical (unpaired) electrons. The number of carbonyl (C=O) groups excluding carboxylic acids is 2. The second-order valence-corrected chi connectivity index (χ2v) is 7.56. The molecular formula is C18H32O3. The van der Waals surface area contributed by atoms with Gasteiger partial charge in [-0.05, 0) is 58.3 Å². The van der Waals surface area contributed by atoms with E-state index in [0.29, 0.717) is 11.7 Å². The molecule has 0 spiro atoms. The molecule has 2 atom stereocenters. The van der Waals surface area contributed by atoms with Crippen LogP contribution in [-0.2, 0) is 14.3 Å². The first-order valence-corrected chi connectivity index (χ1v) is 7.62. The first-order valence-electron chi connectivity index (χ1n) is 7.62. The highest BCUT2D eigenvalue weighted by atomic mass is 16.6. The van der Waals surface area contributed by atoms with Crippen molar-refractivity contribution in [3.05, 3.63) is 0 Å². The van der Waals surface area contributed by atoms with Gasteiger partial charge in [0, 0.05) is 11.8 Å². The number of hydrogen-bond acceptors (Lipinski definition) is 3. The Kier molecular flexibility index (Phi) is 4.97. The number of Topliss-reactive ketones (excluding diaryl/α,β-unsaturated/α-hetero) is 1. The molecule has 122 valence electrons. The molecule has 3 nitrogen and oxygen atoms in total. The van der Waals surface area contributed by atoms with E-state index in [9.17, 15) is 9.59 Å². The van der Waals surface area contributed by atoms with Gasteiger partial charge in [0.2, 0.25) is 0 Å². The van der Waals surface area contributed by atoms with Crippen LogP contribution in [0.5, 0.6) is 0 Å². The van der Waals surface area contributed by atoms with Gasteiger partial charge >= 0.3 is 5.97 Å². The second kappa shape index (κ2) is 5.73. The lowest BCUT2D eigenvalue weighted by atomic mass is 9.53. The quantitative estimate of drug-likeness (QED) is 0.726. The van der Waals surface area contributed by atoms with Crippen LogP contribution >= 0.6 is 0 Å². The largest absolute Gasteiger partial charge is 0.459 e. The molecule has 0 saturated heterocycles. The molecule has 0 aliphatic heterocycles. The summed E-state index contributed by atoms with van der Waals surface area (Å²) in [6.45, 7) is 5.91. The Hall–Kier alpha value is -0.860. The zero-order valence-electron chi connectivity index (χ0n) is 12.2. The maximum Gasteiger partial charge on any atom is 0.312 e. The van der Waals surface area contributed by atoms with Gasteiger partial charge in [-0.25, -0.2) is 0 Å². The third-order valence-electron chi connectivity index (χ3n) is 5.68. The molecule has 0 aromatic rings. The van der Waals surface area contributed by atoms with Crippen molar-refractivity contribution < 1.29 is 14.3 Å². The van der Waals surface area contributed by atoms with Gasteiger partial charge in [0.05, 0.1) is 5.41 Å². The summed E-state index contributed by atoms with van der Waals surface area (Å²) in [5.74, 6) is 1.31. The summed E-state index contributed by atoms with van der Waals surface area (Å²) in [6, 6.07) is 0. The van der Waals surface area contributed by atoms with E-state index >= 15 is 0 Å². The first kappa shape index (κ1) is 18.2. The lowest BCUT2D eigenvalue weighted by Crippen LogP contribution is -2.57. The number of hydrogen-bond donors (Lipinski definition) is 0. The Bertz CT molecular complexity index is 406. The van der Waals surface area contributed by atoms with Gasteiger partial charge in [0.1, 0.15) is 11.4 Å². The Morgan fingerprint density at radius 2 is 1.71 bits per heavy atom. The van der Waals surface area contributed by atoms with Crippen LogP contribution in [0.4, 0.5) is 0 Å². The lowest BCUT2D eigenvalue weighted by Gasteiger charge is -2.55. The minimum absolute atomic E-state index is 0. The Morgan fingerprint density at radius 1 is 1.19 bits per heavy atom. The first-order chi connectivity index (χ1) is 8.85. The zero-order valence-corrected chi connectivity index (χ0v) is 12.2. The maximum absolute atomic E-state index is 12.4. The average molecular weight is 296 g/mol. The van der Waals surface area contributed by atoms with Crippen molar-refractivity contribution in [2.45, 2.75) is 79.8 Å². The van der Waals surface area contributed by atoms with Crippen LogP contribution in [0, 0.1) is 23.2 Å². The van der Waals surface area contributed by atoms with Gasteiger partial charge in [-0.2, -0.15) is 0 Å². The molecule has 2 unspecified atom stereocenters. The normalized spacial score (nSPS) is 36.7. The molecule has 0 heterocycles. The number of ketones is 1. The van der Waals surface area contributed by atoms with E-state index in [0.717, 1.165) is 38.5 Å². The Morgan fingerprint density at radius 3 is 2.19 bits per heavy atom. The summed E-state index contributed by atoms with van der Waals surface area (Å²) in [5, 5.41) is 0. The van der Waals surface area contributed by atoms with Crippen LogP contribution in [0.3, 0.4) is 0 Å². The molecule has 4 saturated carbocycles. The zero-order chi connectivity index (χ0) is 13.8. The van der Waals surface area contributed by atoms with Crippen LogP contribution in [-0.4, -0.2) is 17.4 Å². The van der Waals surface area contributed by atoms with Gasteiger partial charge in [-0.15, -0.1) is 0 Å². The van der Waals surface area contributed by atoms with E-state index in [1.165, 1.54) is 0 Å². The fourth-order valence-corrected chi connectivity index (χ4v) is 4.28. The predicted molar refractivity (Wildman–Crippen MR) is 84.9 cm³/mol. The van der Waals surface area contributed by atoms with Crippen LogP contribution in [0.25, 0.3) is 0 Å². The fourth-order valence-electron chi connectivity index (χ4n) is 4.28. The second-order valence-electron chi connectivity index (χ2n) is 7.56. The molecule has 4 rings (SSSR count). The van der Waals surface area contributed by atoms with Gasteiger partial charge < -0.3 is 4.74 Å². The molecule has 0 aromatic carbocycles. The molecule has 0 aromatic heterocycles. The van der Waals surface area contributed by atoms with E-state index in [1.54, 1.807) is 0 Å². The average Bonchev–Trinajstić information content (AvgIpc) is 2.34. The third kappa shape index (κ3) is 2.89. The maximum atomic E-state index is 12.4. The van der Waals surface area contributed by atoms with Crippen molar-refractivity contribution in [3.8, 4) is 0 Å². The molecule has 4 fully saturated rings. The standard InChI is InChI=1S/C16H24O3.2CH4/c1-4-15(2,3)14(18)19-16-7-10-5-11(8-16)13(17)12(6-10)9-16;;/h10-12H,4-9H2,1-3H3;2*1H4. The van der Waals surface area contributed by atoms with E-state index in [4.69, 9.17) is 4.74 Å². The molecular weight excluding hydrogens is 264 g/mol. The summed E-state index contributed by atoms with van der Waals surface area (Å²) in [4.78, 5) is 24.5. The Labute approximate surface area is 129 Å². The van der Waals surface area contributed by atoms with Crippen molar-refractivity contribution in [2.24, 2.45) is 23.2 Å². The summed E-state index contributed by atoms with van der Waals surface area (Å²) in [6.07, 6.45) is 5.41. The third-order valence-corrected chi connectivity index (χ3v) is 5.68. The van der Waals surface area contributed by atoms with Gasteiger partial charge in [-0.3, -0.25) is 9.59 Å². The monoisotopic (exact) mass is 296 g/mol. The predicted octanol–water partition coefficient (Wildman–Crippen LogP) is 4.39. The van der Waals surface area contributed by atoms with Crippen LogP contribution in [0.1, 0.15) is 74.1 Å². The van der Waals surface area contributed by atoms with Crippen molar-refractivity contribution in [1.29, 1.82) is 0 Å². The highest BCUT2D eigenvalue weighted by molar-refractivity contribution is 5.86.